The summed E-state index contributed by atoms with van der Waals surface area (Å²) >= 11 is 0. The summed E-state index contributed by atoms with van der Waals surface area (Å²) in [7, 11) is 0. The first-order chi connectivity index (χ1) is 11.5. The van der Waals surface area contributed by atoms with E-state index in [9.17, 15) is 9.59 Å². The molecule has 3 rings (SSSR count). The number of fused-ring (bicyclic) bond motifs is 1. The molecule has 24 heavy (non-hydrogen) atoms. The van der Waals surface area contributed by atoms with Gasteiger partial charge in [0.05, 0.1) is 5.69 Å². The highest BCUT2D eigenvalue weighted by molar-refractivity contribution is 5.95. The second-order valence-corrected chi connectivity index (χ2v) is 5.85. The topological polar surface area (TPSA) is 64.6 Å². The number of hydrogen-bond donors (Lipinski definition) is 1. The predicted molar refractivity (Wildman–Crippen MR) is 90.5 cm³/mol. The normalized spacial score (nSPS) is 12.8. The van der Waals surface area contributed by atoms with E-state index >= 15 is 0 Å². The molecule has 1 N–H and O–H groups in total. The van der Waals surface area contributed by atoms with Crippen molar-refractivity contribution < 1.29 is 19.1 Å². The molecule has 2 aromatic rings. The van der Waals surface area contributed by atoms with E-state index in [0.717, 1.165) is 29.7 Å². The average molecular weight is 325 g/mol. The summed E-state index contributed by atoms with van der Waals surface area (Å²) in [6.45, 7) is 3.46. The Morgan fingerprint density at radius 2 is 2.04 bits per heavy atom. The van der Waals surface area contributed by atoms with Gasteiger partial charge in [0.25, 0.3) is 5.91 Å². The molecule has 1 aliphatic heterocycles. The molecule has 0 bridgehead atoms. The van der Waals surface area contributed by atoms with Gasteiger partial charge in [-0.3, -0.25) is 9.59 Å². The number of hydrogen-bond acceptors (Lipinski definition) is 4. The van der Waals surface area contributed by atoms with Crippen LogP contribution < -0.4 is 14.8 Å². The highest BCUT2D eigenvalue weighted by atomic mass is 16.5. The maximum Gasteiger partial charge on any atom is 0.308 e. The summed E-state index contributed by atoms with van der Waals surface area (Å²) < 4.78 is 10.5. The first kappa shape index (κ1) is 16.1. The molecule has 0 radical (unpaired) electrons. The van der Waals surface area contributed by atoms with E-state index < -0.39 is 0 Å². The van der Waals surface area contributed by atoms with Gasteiger partial charge in [0, 0.05) is 6.92 Å². The molecule has 5 heteroatoms. The fraction of sp³-hybridized carbons (Fsp3) is 0.263. The number of esters is 1. The summed E-state index contributed by atoms with van der Waals surface area (Å²) in [6, 6.07) is 11.5. The third kappa shape index (κ3) is 3.74. The van der Waals surface area contributed by atoms with Gasteiger partial charge in [-0.15, -0.1) is 0 Å². The van der Waals surface area contributed by atoms with E-state index in [1.54, 1.807) is 0 Å². The number of ether oxygens (including phenoxy) is 2. The van der Waals surface area contributed by atoms with Crippen molar-refractivity contribution in [2.75, 3.05) is 11.9 Å². The van der Waals surface area contributed by atoms with Crippen LogP contribution in [0.2, 0.25) is 0 Å². The van der Waals surface area contributed by atoms with Crippen LogP contribution in [0.5, 0.6) is 11.5 Å². The van der Waals surface area contributed by atoms with Crippen LogP contribution >= 0.6 is 0 Å². The molecule has 0 saturated heterocycles. The van der Waals surface area contributed by atoms with E-state index in [0.29, 0.717) is 11.5 Å². The monoisotopic (exact) mass is 325 g/mol. The van der Waals surface area contributed by atoms with Crippen LogP contribution in [0.4, 0.5) is 5.69 Å². The van der Waals surface area contributed by atoms with Crippen LogP contribution in [0, 0.1) is 6.92 Å². The van der Waals surface area contributed by atoms with Crippen molar-refractivity contribution in [2.24, 2.45) is 0 Å². The number of rotatable bonds is 4. The van der Waals surface area contributed by atoms with Crippen LogP contribution in [-0.4, -0.2) is 18.5 Å². The fourth-order valence-electron chi connectivity index (χ4n) is 2.74. The van der Waals surface area contributed by atoms with Gasteiger partial charge in [0.1, 0.15) is 11.5 Å². The Hall–Kier alpha value is -2.82. The first-order valence-electron chi connectivity index (χ1n) is 7.85. The lowest BCUT2D eigenvalue weighted by Crippen LogP contribution is -2.25. The lowest BCUT2D eigenvalue weighted by Gasteiger charge is -2.18. The zero-order chi connectivity index (χ0) is 17.1. The van der Waals surface area contributed by atoms with Crippen molar-refractivity contribution in [3.05, 3.63) is 53.1 Å². The summed E-state index contributed by atoms with van der Waals surface area (Å²) in [6.07, 6.45) is 1.71. The quantitative estimate of drug-likeness (QED) is 0.693. The zero-order valence-electron chi connectivity index (χ0n) is 13.7. The molecule has 0 saturated carbocycles. The third-order valence-electron chi connectivity index (χ3n) is 3.94. The Morgan fingerprint density at radius 1 is 1.21 bits per heavy atom. The van der Waals surface area contributed by atoms with E-state index in [4.69, 9.17) is 9.47 Å². The van der Waals surface area contributed by atoms with Crippen LogP contribution in [0.25, 0.3) is 0 Å². The number of amides is 1. The van der Waals surface area contributed by atoms with Crippen molar-refractivity contribution in [1.29, 1.82) is 0 Å². The Morgan fingerprint density at radius 3 is 2.79 bits per heavy atom. The van der Waals surface area contributed by atoms with Gasteiger partial charge in [-0.1, -0.05) is 12.1 Å². The molecule has 2 aromatic carbocycles. The summed E-state index contributed by atoms with van der Waals surface area (Å²) in [5.74, 6) is 0.828. The Labute approximate surface area is 140 Å². The van der Waals surface area contributed by atoms with Crippen molar-refractivity contribution in [1.82, 2.24) is 0 Å². The van der Waals surface area contributed by atoms with Crippen LogP contribution in [0.3, 0.4) is 0 Å². The largest absolute Gasteiger partial charge is 0.482 e. The van der Waals surface area contributed by atoms with Crippen molar-refractivity contribution in [3.8, 4) is 11.5 Å². The van der Waals surface area contributed by atoms with Gasteiger partial charge < -0.3 is 14.8 Å². The molecule has 0 atom stereocenters. The number of carbonyl (C=O) groups excluding carboxylic acids is 2. The maximum absolute atomic E-state index is 11.4. The van der Waals surface area contributed by atoms with Gasteiger partial charge in [0.15, 0.2) is 6.61 Å². The van der Waals surface area contributed by atoms with Gasteiger partial charge in [-0.2, -0.15) is 0 Å². The molecule has 0 unspecified atom stereocenters. The number of carbonyl (C=O) groups is 2. The maximum atomic E-state index is 11.4. The first-order valence-corrected chi connectivity index (χ1v) is 7.85. The van der Waals surface area contributed by atoms with Crippen LogP contribution in [-0.2, 0) is 22.4 Å². The number of benzene rings is 2. The molecule has 0 aliphatic carbocycles. The Bertz CT molecular complexity index is 798. The summed E-state index contributed by atoms with van der Waals surface area (Å²) in [5, 5.41) is 2.82. The van der Waals surface area contributed by atoms with Gasteiger partial charge in [-0.05, 0) is 60.7 Å². The van der Waals surface area contributed by atoms with Crippen molar-refractivity contribution in [3.63, 3.8) is 0 Å². The smallest absolute Gasteiger partial charge is 0.308 e. The van der Waals surface area contributed by atoms with E-state index in [2.05, 4.69) is 5.32 Å². The molecule has 1 amide bonds. The molecule has 0 fully saturated rings. The minimum absolute atomic E-state index is 0.0697. The molecule has 5 nitrogen and oxygen atoms in total. The minimum Gasteiger partial charge on any atom is -0.482 e. The molecule has 0 spiro atoms. The number of anilines is 1. The standard InChI is InChI=1S/C19H19NO4/c1-12-9-16(24-13(2)21)7-6-15(12)5-3-14-4-8-18-17(10-14)20-19(22)11-23-18/h4,6-10H,3,5,11H2,1-2H3,(H,20,22). The lowest BCUT2D eigenvalue weighted by atomic mass is 10.00. The van der Waals surface area contributed by atoms with Gasteiger partial charge >= 0.3 is 5.97 Å². The van der Waals surface area contributed by atoms with Crippen LogP contribution in [0.1, 0.15) is 23.6 Å². The Kier molecular flexibility index (Phi) is 4.51. The Balaban J connectivity index is 1.68. The molecule has 124 valence electrons. The van der Waals surface area contributed by atoms with E-state index in [1.165, 1.54) is 12.5 Å². The zero-order valence-corrected chi connectivity index (χ0v) is 13.7. The lowest BCUT2D eigenvalue weighted by molar-refractivity contribution is -0.131. The van der Waals surface area contributed by atoms with E-state index in [1.807, 2.05) is 43.3 Å². The molecule has 1 aliphatic rings. The number of nitrogens with one attached hydrogen (secondary N) is 1. The molecular formula is C19H19NO4. The summed E-state index contributed by atoms with van der Waals surface area (Å²) in [4.78, 5) is 22.4. The van der Waals surface area contributed by atoms with Gasteiger partial charge in [0.2, 0.25) is 0 Å². The third-order valence-corrected chi connectivity index (χ3v) is 3.94. The minimum atomic E-state index is -0.319. The van der Waals surface area contributed by atoms with Crippen molar-refractivity contribution >= 4 is 17.6 Å². The average Bonchev–Trinajstić information content (AvgIpc) is 2.53. The second-order valence-electron chi connectivity index (χ2n) is 5.85. The summed E-state index contributed by atoms with van der Waals surface area (Å²) in [5.41, 5.74) is 4.14. The van der Waals surface area contributed by atoms with E-state index in [-0.39, 0.29) is 18.5 Å². The fourth-order valence-corrected chi connectivity index (χ4v) is 2.74. The molecule has 1 heterocycles. The van der Waals surface area contributed by atoms with Gasteiger partial charge in [-0.25, -0.2) is 0 Å². The SMILES string of the molecule is CC(=O)Oc1ccc(CCc2ccc3c(c2)NC(=O)CO3)c(C)c1. The predicted octanol–water partition coefficient (Wildman–Crippen LogP) is 3.04. The molecular weight excluding hydrogens is 306 g/mol. The van der Waals surface area contributed by atoms with Crippen molar-refractivity contribution in [2.45, 2.75) is 26.7 Å². The molecule has 0 aromatic heterocycles. The number of aryl methyl sites for hydroxylation is 3. The second kappa shape index (κ2) is 6.74. The highest BCUT2D eigenvalue weighted by Crippen LogP contribution is 2.29. The van der Waals surface area contributed by atoms with Crippen LogP contribution in [0.15, 0.2) is 36.4 Å². The highest BCUT2D eigenvalue weighted by Gasteiger charge is 2.15.